The molecular formula is C13H15N3O2S. The van der Waals surface area contributed by atoms with Crippen LogP contribution in [0.4, 0.5) is 5.69 Å². The molecule has 2 rings (SSSR count). The highest BCUT2D eigenvalue weighted by Crippen LogP contribution is 2.29. The molecule has 0 aliphatic carbocycles. The number of nitrogen functional groups attached to an aromatic ring is 1. The van der Waals surface area contributed by atoms with Crippen LogP contribution in [0, 0.1) is 6.92 Å². The van der Waals surface area contributed by atoms with Crippen LogP contribution >= 0.6 is 11.8 Å². The van der Waals surface area contributed by atoms with Gasteiger partial charge < -0.3 is 10.8 Å². The maximum Gasteiger partial charge on any atom is 0.339 e. The van der Waals surface area contributed by atoms with Gasteiger partial charge >= 0.3 is 5.97 Å². The number of aryl methyl sites for hydroxylation is 2. The lowest BCUT2D eigenvalue weighted by atomic mass is 10.2. The van der Waals surface area contributed by atoms with Crippen LogP contribution in [0.2, 0.25) is 0 Å². The Kier molecular flexibility index (Phi) is 3.80. The van der Waals surface area contributed by atoms with Gasteiger partial charge in [0.2, 0.25) is 0 Å². The fourth-order valence-corrected chi connectivity index (χ4v) is 2.86. The lowest BCUT2D eigenvalue weighted by Crippen LogP contribution is -2.03. The summed E-state index contributed by atoms with van der Waals surface area (Å²) in [6.45, 7) is 2.00. The molecule has 6 heteroatoms. The van der Waals surface area contributed by atoms with E-state index in [1.807, 2.05) is 25.1 Å². The van der Waals surface area contributed by atoms with Crippen molar-refractivity contribution in [2.45, 2.75) is 17.6 Å². The Balaban J connectivity index is 2.21. The molecule has 3 N–H and O–H groups in total. The quantitative estimate of drug-likeness (QED) is 0.662. The maximum atomic E-state index is 11.1. The zero-order chi connectivity index (χ0) is 14.0. The van der Waals surface area contributed by atoms with Crippen molar-refractivity contribution in [2.75, 3.05) is 5.73 Å². The molecule has 0 bridgehead atoms. The predicted octanol–water partition coefficient (Wildman–Crippen LogP) is 2.30. The van der Waals surface area contributed by atoms with Crippen LogP contribution in [0.5, 0.6) is 0 Å². The number of rotatable bonds is 4. The summed E-state index contributed by atoms with van der Waals surface area (Å²) >= 11 is 1.52. The maximum absolute atomic E-state index is 11.1. The van der Waals surface area contributed by atoms with Crippen LogP contribution < -0.4 is 5.73 Å². The molecule has 0 aliphatic rings. The number of carboxylic acid groups (broad SMARTS) is 1. The second-order valence-corrected chi connectivity index (χ2v) is 5.28. The van der Waals surface area contributed by atoms with Gasteiger partial charge in [-0.25, -0.2) is 4.79 Å². The minimum absolute atomic E-state index is 0.237. The largest absolute Gasteiger partial charge is 0.478 e. The molecule has 2 aromatic rings. The summed E-state index contributed by atoms with van der Waals surface area (Å²) in [4.78, 5) is 12.0. The topological polar surface area (TPSA) is 81.1 Å². The smallest absolute Gasteiger partial charge is 0.339 e. The Bertz CT molecular complexity index is 622. The molecule has 0 saturated heterocycles. The third-order valence-electron chi connectivity index (χ3n) is 2.83. The summed E-state index contributed by atoms with van der Waals surface area (Å²) < 4.78 is 1.59. The third-order valence-corrected chi connectivity index (χ3v) is 3.91. The van der Waals surface area contributed by atoms with E-state index in [2.05, 4.69) is 5.10 Å². The molecule has 0 atom stereocenters. The van der Waals surface area contributed by atoms with E-state index in [4.69, 9.17) is 10.8 Å². The van der Waals surface area contributed by atoms with Gasteiger partial charge in [-0.2, -0.15) is 5.10 Å². The first kappa shape index (κ1) is 13.5. The van der Waals surface area contributed by atoms with Crippen molar-refractivity contribution in [3.63, 3.8) is 0 Å². The first-order chi connectivity index (χ1) is 8.99. The van der Waals surface area contributed by atoms with Gasteiger partial charge in [0.25, 0.3) is 0 Å². The number of anilines is 1. The lowest BCUT2D eigenvalue weighted by Gasteiger charge is -2.07. The van der Waals surface area contributed by atoms with Crippen molar-refractivity contribution in [3.8, 4) is 0 Å². The molecule has 19 heavy (non-hydrogen) atoms. The Labute approximate surface area is 115 Å². The first-order valence-corrected chi connectivity index (χ1v) is 6.70. The Hall–Kier alpha value is -1.95. The molecule has 0 saturated carbocycles. The third kappa shape index (κ3) is 2.90. The normalized spacial score (nSPS) is 10.6. The van der Waals surface area contributed by atoms with E-state index < -0.39 is 5.97 Å². The highest BCUT2D eigenvalue weighted by Gasteiger charge is 2.15. The number of benzene rings is 1. The Morgan fingerprint density at radius 2 is 2.26 bits per heavy atom. The average molecular weight is 277 g/mol. The molecule has 0 amide bonds. The summed E-state index contributed by atoms with van der Waals surface area (Å²) in [5, 5.41) is 13.1. The Morgan fingerprint density at radius 1 is 1.53 bits per heavy atom. The number of nitrogens with two attached hydrogens (primary N) is 1. The van der Waals surface area contributed by atoms with Gasteiger partial charge in [-0.3, -0.25) is 4.68 Å². The molecule has 1 heterocycles. The van der Waals surface area contributed by atoms with Crippen molar-refractivity contribution in [3.05, 3.63) is 41.2 Å². The molecule has 100 valence electrons. The van der Waals surface area contributed by atoms with Crippen molar-refractivity contribution in [1.29, 1.82) is 0 Å². The van der Waals surface area contributed by atoms with Gasteiger partial charge in [0, 0.05) is 23.4 Å². The predicted molar refractivity (Wildman–Crippen MR) is 75.3 cm³/mol. The summed E-state index contributed by atoms with van der Waals surface area (Å²) in [6.07, 6.45) is 1.37. The molecule has 0 radical (unpaired) electrons. The first-order valence-electron chi connectivity index (χ1n) is 5.72. The second kappa shape index (κ2) is 5.36. The number of aromatic carboxylic acids is 1. The van der Waals surface area contributed by atoms with Crippen molar-refractivity contribution >= 4 is 23.4 Å². The molecule has 5 nitrogen and oxygen atoms in total. The number of carbonyl (C=O) groups is 1. The van der Waals surface area contributed by atoms with Gasteiger partial charge in [-0.15, -0.1) is 11.8 Å². The van der Waals surface area contributed by atoms with E-state index in [0.717, 1.165) is 10.5 Å². The molecular weight excluding hydrogens is 262 g/mol. The highest BCUT2D eigenvalue weighted by atomic mass is 32.2. The van der Waals surface area contributed by atoms with E-state index in [-0.39, 0.29) is 5.56 Å². The van der Waals surface area contributed by atoms with Gasteiger partial charge in [0.05, 0.1) is 11.9 Å². The molecule has 0 spiro atoms. The zero-order valence-electron chi connectivity index (χ0n) is 10.8. The molecule has 1 aromatic heterocycles. The summed E-state index contributed by atoms with van der Waals surface area (Å²) in [5.74, 6) is -0.438. The van der Waals surface area contributed by atoms with Gasteiger partial charge in [-0.05, 0) is 24.6 Å². The zero-order valence-corrected chi connectivity index (χ0v) is 11.6. The van der Waals surface area contributed by atoms with Gasteiger partial charge in [-0.1, -0.05) is 6.07 Å². The van der Waals surface area contributed by atoms with E-state index in [1.165, 1.54) is 18.0 Å². The number of hydrogen-bond donors (Lipinski definition) is 2. The standard InChI is InChI=1S/C13H15N3O2S/c1-8-3-4-10(14)12(5-8)19-7-11-9(13(17)18)6-15-16(11)2/h3-6H,7,14H2,1-2H3,(H,17,18). The van der Waals surface area contributed by atoms with E-state index in [0.29, 0.717) is 17.1 Å². The lowest BCUT2D eigenvalue weighted by molar-refractivity contribution is 0.0696. The number of thioether (sulfide) groups is 1. The fraction of sp³-hybridized carbons (Fsp3) is 0.231. The molecule has 0 fully saturated rings. The van der Waals surface area contributed by atoms with E-state index in [1.54, 1.807) is 11.7 Å². The van der Waals surface area contributed by atoms with Crippen molar-refractivity contribution in [1.82, 2.24) is 9.78 Å². The van der Waals surface area contributed by atoms with Crippen LogP contribution in [0.1, 0.15) is 21.6 Å². The molecule has 1 aromatic carbocycles. The number of aromatic nitrogens is 2. The van der Waals surface area contributed by atoms with Crippen LogP contribution in [-0.2, 0) is 12.8 Å². The second-order valence-electron chi connectivity index (χ2n) is 4.26. The SMILES string of the molecule is Cc1ccc(N)c(SCc2c(C(=O)O)cnn2C)c1. The molecule has 0 aliphatic heterocycles. The summed E-state index contributed by atoms with van der Waals surface area (Å²) in [7, 11) is 1.74. The fourth-order valence-electron chi connectivity index (χ4n) is 1.73. The van der Waals surface area contributed by atoms with Crippen LogP contribution in [0.15, 0.2) is 29.3 Å². The number of nitrogens with zero attached hydrogens (tertiary/aromatic N) is 2. The summed E-state index contributed by atoms with van der Waals surface area (Å²) in [5.41, 5.74) is 8.65. The van der Waals surface area contributed by atoms with Crippen LogP contribution in [0.25, 0.3) is 0 Å². The average Bonchev–Trinajstić information content (AvgIpc) is 2.72. The number of hydrogen-bond acceptors (Lipinski definition) is 4. The van der Waals surface area contributed by atoms with Crippen molar-refractivity contribution in [2.24, 2.45) is 7.05 Å². The summed E-state index contributed by atoms with van der Waals surface area (Å²) in [6, 6.07) is 5.81. The minimum atomic E-state index is -0.957. The molecule has 0 unspecified atom stereocenters. The van der Waals surface area contributed by atoms with Gasteiger partial charge in [0.1, 0.15) is 5.56 Å². The van der Waals surface area contributed by atoms with Crippen molar-refractivity contribution < 1.29 is 9.90 Å². The van der Waals surface area contributed by atoms with Gasteiger partial charge in [0.15, 0.2) is 0 Å². The number of carboxylic acids is 1. The van der Waals surface area contributed by atoms with E-state index in [9.17, 15) is 4.79 Å². The minimum Gasteiger partial charge on any atom is -0.478 e. The van der Waals surface area contributed by atoms with E-state index >= 15 is 0 Å². The van der Waals surface area contributed by atoms with Crippen LogP contribution in [-0.4, -0.2) is 20.9 Å². The Morgan fingerprint density at radius 3 is 2.95 bits per heavy atom. The monoisotopic (exact) mass is 277 g/mol. The highest BCUT2D eigenvalue weighted by molar-refractivity contribution is 7.98. The van der Waals surface area contributed by atoms with Crippen LogP contribution in [0.3, 0.4) is 0 Å².